The number of hydrogen-bond donors (Lipinski definition) is 1. The van der Waals surface area contributed by atoms with Crippen LogP contribution in [0.25, 0.3) is 0 Å². The van der Waals surface area contributed by atoms with E-state index in [4.69, 9.17) is 9.26 Å². The highest BCUT2D eigenvalue weighted by Gasteiger charge is 2.19. The van der Waals surface area contributed by atoms with Gasteiger partial charge < -0.3 is 14.6 Å². The topological polar surface area (TPSA) is 64.4 Å². The molecule has 0 aliphatic heterocycles. The maximum atomic E-state index is 12.1. The van der Waals surface area contributed by atoms with E-state index in [1.54, 1.807) is 19.1 Å². The first-order valence-electron chi connectivity index (χ1n) is 6.19. The van der Waals surface area contributed by atoms with Crippen molar-refractivity contribution in [3.63, 3.8) is 0 Å². The number of aromatic nitrogens is 1. The van der Waals surface area contributed by atoms with E-state index in [-0.39, 0.29) is 11.9 Å². The molecule has 0 spiro atoms. The van der Waals surface area contributed by atoms with E-state index in [0.717, 1.165) is 4.47 Å². The zero-order valence-corrected chi connectivity index (χ0v) is 12.8. The van der Waals surface area contributed by atoms with Gasteiger partial charge in [0.05, 0.1) is 10.5 Å². The highest BCUT2D eigenvalue weighted by atomic mass is 79.9. The standard InChI is InChI=1S/C14H15BrN2O3/c1-9(12-7-8-19-17-12)16-14(18)10(2)20-13-6-4-3-5-11(13)15/h3-10H,1-2H3,(H,16,18)/t9-,10+/m0/s1. The lowest BCUT2D eigenvalue weighted by atomic mass is 10.2. The van der Waals surface area contributed by atoms with E-state index in [0.29, 0.717) is 11.4 Å². The van der Waals surface area contributed by atoms with Crippen molar-refractivity contribution in [3.8, 4) is 5.75 Å². The molecule has 1 amide bonds. The summed E-state index contributed by atoms with van der Waals surface area (Å²) in [5, 5.41) is 6.61. The summed E-state index contributed by atoms with van der Waals surface area (Å²) in [6, 6.07) is 8.88. The molecule has 106 valence electrons. The number of carbonyl (C=O) groups is 1. The molecule has 0 bridgehead atoms. The van der Waals surface area contributed by atoms with Crippen LogP contribution in [0.3, 0.4) is 0 Å². The minimum atomic E-state index is -0.608. The van der Waals surface area contributed by atoms with Gasteiger partial charge in [0.25, 0.3) is 5.91 Å². The van der Waals surface area contributed by atoms with Crippen LogP contribution >= 0.6 is 15.9 Å². The van der Waals surface area contributed by atoms with Gasteiger partial charge >= 0.3 is 0 Å². The molecule has 2 atom stereocenters. The molecule has 1 aromatic heterocycles. The van der Waals surface area contributed by atoms with Gasteiger partial charge in [0.2, 0.25) is 0 Å². The Balaban J connectivity index is 1.94. The van der Waals surface area contributed by atoms with Gasteiger partial charge in [-0.05, 0) is 41.9 Å². The monoisotopic (exact) mass is 338 g/mol. The predicted molar refractivity (Wildman–Crippen MR) is 77.3 cm³/mol. The summed E-state index contributed by atoms with van der Waals surface area (Å²) in [4.78, 5) is 12.1. The lowest BCUT2D eigenvalue weighted by molar-refractivity contribution is -0.128. The molecule has 2 aromatic rings. The molecular formula is C14H15BrN2O3. The molecule has 1 heterocycles. The smallest absolute Gasteiger partial charge is 0.261 e. The number of amides is 1. The van der Waals surface area contributed by atoms with Gasteiger partial charge in [-0.15, -0.1) is 0 Å². The van der Waals surface area contributed by atoms with Crippen LogP contribution in [-0.2, 0) is 4.79 Å². The molecule has 0 unspecified atom stereocenters. The molecule has 0 saturated carbocycles. The molecule has 5 nitrogen and oxygen atoms in total. The summed E-state index contributed by atoms with van der Waals surface area (Å²) in [5.74, 6) is 0.417. The third kappa shape index (κ3) is 3.60. The second-order valence-electron chi connectivity index (χ2n) is 4.35. The van der Waals surface area contributed by atoms with Crippen molar-refractivity contribution in [2.75, 3.05) is 0 Å². The molecule has 0 aliphatic carbocycles. The number of rotatable bonds is 5. The zero-order valence-electron chi connectivity index (χ0n) is 11.2. The Kier molecular flexibility index (Phi) is 4.79. The minimum absolute atomic E-state index is 0.212. The van der Waals surface area contributed by atoms with Gasteiger partial charge in [0.1, 0.15) is 17.7 Å². The van der Waals surface area contributed by atoms with E-state index < -0.39 is 6.10 Å². The zero-order chi connectivity index (χ0) is 14.5. The molecule has 0 radical (unpaired) electrons. The summed E-state index contributed by atoms with van der Waals surface area (Å²) in [5.41, 5.74) is 0.673. The first-order valence-corrected chi connectivity index (χ1v) is 6.99. The van der Waals surface area contributed by atoms with Crippen molar-refractivity contribution < 1.29 is 14.1 Å². The molecule has 1 N–H and O–H groups in total. The molecule has 2 rings (SSSR count). The molecule has 1 aromatic carbocycles. The van der Waals surface area contributed by atoms with E-state index in [9.17, 15) is 4.79 Å². The highest BCUT2D eigenvalue weighted by Crippen LogP contribution is 2.24. The Hall–Kier alpha value is -1.82. The molecule has 0 saturated heterocycles. The number of para-hydroxylation sites is 1. The van der Waals surface area contributed by atoms with Crippen molar-refractivity contribution in [2.24, 2.45) is 0 Å². The third-order valence-corrected chi connectivity index (χ3v) is 3.42. The van der Waals surface area contributed by atoms with Crippen molar-refractivity contribution in [3.05, 3.63) is 46.8 Å². The van der Waals surface area contributed by atoms with Crippen LogP contribution in [0, 0.1) is 0 Å². The number of halogens is 1. The summed E-state index contributed by atoms with van der Waals surface area (Å²) < 4.78 is 11.2. The second kappa shape index (κ2) is 6.56. The van der Waals surface area contributed by atoms with Gasteiger partial charge in [0, 0.05) is 6.07 Å². The Morgan fingerprint density at radius 3 is 2.75 bits per heavy atom. The van der Waals surface area contributed by atoms with Gasteiger partial charge in [0.15, 0.2) is 6.10 Å². The fourth-order valence-electron chi connectivity index (χ4n) is 1.63. The second-order valence-corrected chi connectivity index (χ2v) is 5.20. The number of nitrogens with one attached hydrogen (secondary N) is 1. The van der Waals surface area contributed by atoms with E-state index >= 15 is 0 Å². The predicted octanol–water partition coefficient (Wildman–Crippen LogP) is 3.08. The van der Waals surface area contributed by atoms with Gasteiger partial charge in [-0.25, -0.2) is 0 Å². The van der Waals surface area contributed by atoms with Crippen LogP contribution in [0.5, 0.6) is 5.75 Å². The summed E-state index contributed by atoms with van der Waals surface area (Å²) in [6.07, 6.45) is 0.863. The van der Waals surface area contributed by atoms with E-state index in [2.05, 4.69) is 26.4 Å². The third-order valence-electron chi connectivity index (χ3n) is 2.77. The lowest BCUT2D eigenvalue weighted by Gasteiger charge is -2.18. The number of ether oxygens (including phenoxy) is 1. The van der Waals surface area contributed by atoms with E-state index in [1.165, 1.54) is 6.26 Å². The van der Waals surface area contributed by atoms with Crippen LogP contribution in [0.4, 0.5) is 0 Å². The summed E-state index contributed by atoms with van der Waals surface area (Å²) in [6.45, 7) is 3.53. The Morgan fingerprint density at radius 2 is 2.10 bits per heavy atom. The minimum Gasteiger partial charge on any atom is -0.480 e. The Morgan fingerprint density at radius 1 is 1.35 bits per heavy atom. The largest absolute Gasteiger partial charge is 0.480 e. The molecule has 20 heavy (non-hydrogen) atoms. The van der Waals surface area contributed by atoms with Gasteiger partial charge in [-0.3, -0.25) is 4.79 Å². The molecular weight excluding hydrogens is 324 g/mol. The number of carbonyl (C=O) groups excluding carboxylic acids is 1. The quantitative estimate of drug-likeness (QED) is 0.909. The molecule has 0 fully saturated rings. The number of hydrogen-bond acceptors (Lipinski definition) is 4. The van der Waals surface area contributed by atoms with Crippen molar-refractivity contribution >= 4 is 21.8 Å². The normalized spacial score (nSPS) is 13.6. The van der Waals surface area contributed by atoms with Crippen molar-refractivity contribution in [2.45, 2.75) is 26.0 Å². The Labute approximate surface area is 125 Å². The maximum absolute atomic E-state index is 12.1. The number of benzene rings is 1. The lowest BCUT2D eigenvalue weighted by Crippen LogP contribution is -2.37. The first kappa shape index (κ1) is 14.6. The van der Waals surface area contributed by atoms with Crippen LogP contribution < -0.4 is 10.1 Å². The number of nitrogens with zero attached hydrogens (tertiary/aromatic N) is 1. The van der Waals surface area contributed by atoms with Gasteiger partial charge in [-0.1, -0.05) is 17.3 Å². The summed E-state index contributed by atoms with van der Waals surface area (Å²) in [7, 11) is 0. The van der Waals surface area contributed by atoms with Gasteiger partial charge in [-0.2, -0.15) is 0 Å². The van der Waals surface area contributed by atoms with Crippen molar-refractivity contribution in [1.29, 1.82) is 0 Å². The van der Waals surface area contributed by atoms with Crippen LogP contribution in [0.1, 0.15) is 25.6 Å². The van der Waals surface area contributed by atoms with E-state index in [1.807, 2.05) is 25.1 Å². The average molecular weight is 339 g/mol. The maximum Gasteiger partial charge on any atom is 0.261 e. The van der Waals surface area contributed by atoms with Crippen molar-refractivity contribution in [1.82, 2.24) is 10.5 Å². The SMILES string of the molecule is C[C@H](NC(=O)[C@@H](C)Oc1ccccc1Br)c1ccon1. The molecule has 0 aliphatic rings. The molecule has 6 heteroatoms. The van der Waals surface area contributed by atoms with Crippen LogP contribution in [-0.4, -0.2) is 17.2 Å². The van der Waals surface area contributed by atoms with Crippen LogP contribution in [0.2, 0.25) is 0 Å². The average Bonchev–Trinajstić information content (AvgIpc) is 2.95. The Bertz CT molecular complexity index is 572. The summed E-state index contributed by atoms with van der Waals surface area (Å²) >= 11 is 3.38. The van der Waals surface area contributed by atoms with Crippen LogP contribution in [0.15, 0.2) is 45.6 Å². The fourth-order valence-corrected chi connectivity index (χ4v) is 2.01. The fraction of sp³-hybridized carbons (Fsp3) is 0.286. The highest BCUT2D eigenvalue weighted by molar-refractivity contribution is 9.10. The first-order chi connectivity index (χ1) is 9.58.